The van der Waals surface area contributed by atoms with Crippen LogP contribution >= 0.6 is 15.9 Å². The highest BCUT2D eigenvalue weighted by molar-refractivity contribution is 9.10. The highest BCUT2D eigenvalue weighted by Crippen LogP contribution is 2.19. The Morgan fingerprint density at radius 3 is 2.26 bits per heavy atom. The number of hydrazone groups is 1. The second kappa shape index (κ2) is 12.1. The third kappa shape index (κ3) is 7.35. The largest absolute Gasteiger partial charge is 0.272 e. The van der Waals surface area contributed by atoms with Crippen molar-refractivity contribution in [3.63, 3.8) is 0 Å². The molecule has 0 heterocycles. The summed E-state index contributed by atoms with van der Waals surface area (Å²) in [6, 6.07) is 23.8. The van der Waals surface area contributed by atoms with E-state index in [9.17, 15) is 13.2 Å². The summed E-state index contributed by atoms with van der Waals surface area (Å²) in [6.07, 6.45) is 2.02. The minimum absolute atomic E-state index is 0.130. The molecule has 0 saturated heterocycles. The number of carbonyl (C=O) groups excluding carboxylic acids is 1. The molecule has 0 atom stereocenters. The summed E-state index contributed by atoms with van der Waals surface area (Å²) in [4.78, 5) is 12.7. The van der Waals surface area contributed by atoms with Crippen molar-refractivity contribution in [1.82, 2.24) is 9.73 Å². The summed E-state index contributed by atoms with van der Waals surface area (Å²) in [7, 11) is -3.87. The summed E-state index contributed by atoms with van der Waals surface area (Å²) in [5.41, 5.74) is 5.49. The number of benzene rings is 3. The van der Waals surface area contributed by atoms with E-state index in [1.807, 2.05) is 54.6 Å². The van der Waals surface area contributed by atoms with Gasteiger partial charge in [0.2, 0.25) is 10.0 Å². The van der Waals surface area contributed by atoms with Crippen LogP contribution in [0.15, 0.2) is 93.3 Å². The number of hydrogen-bond acceptors (Lipinski definition) is 4. The molecule has 3 aromatic rings. The average molecular weight is 542 g/mol. The van der Waals surface area contributed by atoms with Gasteiger partial charge in [-0.2, -0.15) is 9.41 Å². The minimum atomic E-state index is -3.87. The normalized spacial score (nSPS) is 11.9. The van der Waals surface area contributed by atoms with Gasteiger partial charge in [0, 0.05) is 11.0 Å². The van der Waals surface area contributed by atoms with Crippen LogP contribution in [0, 0.1) is 0 Å². The van der Waals surface area contributed by atoms with Crippen LogP contribution in [0.1, 0.15) is 36.5 Å². The predicted octanol–water partition coefficient (Wildman–Crippen LogP) is 4.96. The van der Waals surface area contributed by atoms with Gasteiger partial charge in [0.05, 0.1) is 17.7 Å². The Hall–Kier alpha value is -2.81. The van der Waals surface area contributed by atoms with E-state index < -0.39 is 15.9 Å². The van der Waals surface area contributed by atoms with Gasteiger partial charge in [0.1, 0.15) is 0 Å². The predicted molar refractivity (Wildman–Crippen MR) is 139 cm³/mol. The second-order valence-electron chi connectivity index (χ2n) is 8.14. The van der Waals surface area contributed by atoms with Crippen LogP contribution < -0.4 is 5.43 Å². The number of nitrogens with one attached hydrogen (secondary N) is 1. The molecule has 0 saturated carbocycles. The maximum Gasteiger partial charge on any atom is 0.255 e. The first-order valence-electron chi connectivity index (χ1n) is 11.0. The van der Waals surface area contributed by atoms with Crippen molar-refractivity contribution < 1.29 is 13.2 Å². The van der Waals surface area contributed by atoms with Crippen molar-refractivity contribution in [3.8, 4) is 0 Å². The van der Waals surface area contributed by atoms with Crippen LogP contribution in [-0.4, -0.2) is 37.9 Å². The van der Waals surface area contributed by atoms with Crippen molar-refractivity contribution >= 4 is 38.1 Å². The number of rotatable bonds is 10. The monoisotopic (exact) mass is 541 g/mol. The van der Waals surface area contributed by atoms with Gasteiger partial charge in [-0.05, 0) is 53.3 Å². The molecule has 0 aromatic heterocycles. The van der Waals surface area contributed by atoms with Crippen LogP contribution in [0.4, 0.5) is 0 Å². The fraction of sp³-hybridized carbons (Fsp3) is 0.231. The number of sulfonamides is 1. The molecule has 1 N–H and O–H groups in total. The van der Waals surface area contributed by atoms with E-state index >= 15 is 0 Å². The lowest BCUT2D eigenvalue weighted by molar-refractivity contribution is -0.121. The fourth-order valence-corrected chi connectivity index (χ4v) is 4.94. The number of carbonyl (C=O) groups is 1. The van der Waals surface area contributed by atoms with Crippen molar-refractivity contribution in [2.45, 2.75) is 31.1 Å². The van der Waals surface area contributed by atoms with Gasteiger partial charge in [0.15, 0.2) is 0 Å². The molecule has 8 heteroatoms. The van der Waals surface area contributed by atoms with Gasteiger partial charge in [-0.1, -0.05) is 84.4 Å². The molecule has 0 spiro atoms. The lowest BCUT2D eigenvalue weighted by atomic mass is 10.0. The van der Waals surface area contributed by atoms with Crippen LogP contribution in [0.3, 0.4) is 0 Å². The molecule has 178 valence electrons. The average Bonchev–Trinajstić information content (AvgIpc) is 2.83. The molecule has 0 unspecified atom stereocenters. The lowest BCUT2D eigenvalue weighted by Gasteiger charge is -2.21. The molecule has 6 nitrogen and oxygen atoms in total. The Morgan fingerprint density at radius 1 is 1.00 bits per heavy atom. The summed E-state index contributed by atoms with van der Waals surface area (Å²) in [6.45, 7) is 4.06. The number of hydrogen-bond donors (Lipinski definition) is 1. The number of halogens is 1. The minimum Gasteiger partial charge on any atom is -0.272 e. The third-order valence-electron chi connectivity index (χ3n) is 5.27. The Balaban J connectivity index is 1.70. The van der Waals surface area contributed by atoms with Crippen molar-refractivity contribution in [2.75, 3.05) is 13.1 Å². The maximum absolute atomic E-state index is 13.3. The molecule has 3 aromatic carbocycles. The molecule has 0 fully saturated rings. The van der Waals surface area contributed by atoms with E-state index in [0.29, 0.717) is 12.3 Å². The Labute approximate surface area is 209 Å². The summed E-state index contributed by atoms with van der Waals surface area (Å²) in [5, 5.41) is 4.00. The zero-order valence-corrected chi connectivity index (χ0v) is 21.6. The molecule has 0 aliphatic carbocycles. The highest BCUT2D eigenvalue weighted by atomic mass is 79.9. The van der Waals surface area contributed by atoms with Gasteiger partial charge in [-0.15, -0.1) is 0 Å². The Morgan fingerprint density at radius 2 is 1.65 bits per heavy atom. The van der Waals surface area contributed by atoms with Crippen LogP contribution in [0.2, 0.25) is 0 Å². The van der Waals surface area contributed by atoms with E-state index in [-0.39, 0.29) is 18.0 Å². The molecular weight excluding hydrogens is 514 g/mol. The standard InChI is InChI=1S/C26H28BrN3O3S/c1-20(2)23-10-8-22(9-11-23)18-28-29-26(31)19-30(17-16-21-6-4-3-5-7-21)34(32,33)25-14-12-24(27)13-15-25/h3-15,18,20H,16-17,19H2,1-2H3,(H,29,31)/b28-18+. The molecule has 3 rings (SSSR count). The Kier molecular flexibility index (Phi) is 9.15. The van der Waals surface area contributed by atoms with Gasteiger partial charge in [-0.25, -0.2) is 13.8 Å². The zero-order chi connectivity index (χ0) is 24.6. The third-order valence-corrected chi connectivity index (χ3v) is 7.66. The van der Waals surface area contributed by atoms with Crippen LogP contribution in [-0.2, 0) is 21.2 Å². The van der Waals surface area contributed by atoms with E-state index in [1.165, 1.54) is 22.0 Å². The van der Waals surface area contributed by atoms with Gasteiger partial charge < -0.3 is 0 Å². The second-order valence-corrected chi connectivity index (χ2v) is 11.0. The first kappa shape index (κ1) is 25.8. The van der Waals surface area contributed by atoms with Gasteiger partial charge in [0.25, 0.3) is 5.91 Å². The molecule has 0 bridgehead atoms. The van der Waals surface area contributed by atoms with Crippen molar-refractivity contribution in [2.24, 2.45) is 5.10 Å². The van der Waals surface area contributed by atoms with E-state index in [1.54, 1.807) is 18.3 Å². The SMILES string of the molecule is CC(C)c1ccc(/C=N/NC(=O)CN(CCc2ccccc2)S(=O)(=O)c2ccc(Br)cc2)cc1. The lowest BCUT2D eigenvalue weighted by Crippen LogP contribution is -2.40. The maximum atomic E-state index is 13.3. The summed E-state index contributed by atoms with van der Waals surface area (Å²) < 4.78 is 28.5. The van der Waals surface area contributed by atoms with Crippen LogP contribution in [0.5, 0.6) is 0 Å². The van der Waals surface area contributed by atoms with Crippen LogP contribution in [0.25, 0.3) is 0 Å². The molecule has 0 radical (unpaired) electrons. The first-order valence-corrected chi connectivity index (χ1v) is 13.2. The zero-order valence-electron chi connectivity index (χ0n) is 19.2. The number of nitrogens with zero attached hydrogens (tertiary/aromatic N) is 2. The molecule has 0 aliphatic rings. The van der Waals surface area contributed by atoms with Gasteiger partial charge >= 0.3 is 0 Å². The topological polar surface area (TPSA) is 78.8 Å². The Bertz CT molecular complexity index is 1210. The van der Waals surface area contributed by atoms with Gasteiger partial charge in [-0.3, -0.25) is 4.79 Å². The smallest absolute Gasteiger partial charge is 0.255 e. The fourth-order valence-electron chi connectivity index (χ4n) is 3.28. The molecule has 34 heavy (non-hydrogen) atoms. The van der Waals surface area contributed by atoms with E-state index in [0.717, 1.165) is 15.6 Å². The highest BCUT2D eigenvalue weighted by Gasteiger charge is 2.26. The van der Waals surface area contributed by atoms with E-state index in [4.69, 9.17) is 0 Å². The summed E-state index contributed by atoms with van der Waals surface area (Å²) >= 11 is 3.32. The summed E-state index contributed by atoms with van der Waals surface area (Å²) in [5.74, 6) is -0.0796. The van der Waals surface area contributed by atoms with E-state index in [2.05, 4.69) is 40.3 Å². The van der Waals surface area contributed by atoms with Crippen molar-refractivity contribution in [1.29, 1.82) is 0 Å². The number of amides is 1. The van der Waals surface area contributed by atoms with Crippen molar-refractivity contribution in [3.05, 3.63) is 100 Å². The first-order chi connectivity index (χ1) is 16.3. The molecule has 0 aliphatic heterocycles. The molecular formula is C26H28BrN3O3S. The quantitative estimate of drug-likeness (QED) is 0.291. The molecule has 1 amide bonds.